The van der Waals surface area contributed by atoms with Crippen LogP contribution in [0.25, 0.3) is 5.65 Å². The molecule has 3 heterocycles. The normalized spacial score (nSPS) is 17.1. The summed E-state index contributed by atoms with van der Waals surface area (Å²) >= 11 is 0. The van der Waals surface area contributed by atoms with Crippen molar-refractivity contribution >= 4 is 17.3 Å². The zero-order valence-electron chi connectivity index (χ0n) is 17.5. The fraction of sp³-hybridized carbons (Fsp3) is 0.391. The van der Waals surface area contributed by atoms with E-state index >= 15 is 0 Å². The fourth-order valence-electron chi connectivity index (χ4n) is 3.82. The Balaban J connectivity index is 1.40. The van der Waals surface area contributed by atoms with E-state index in [2.05, 4.69) is 82.2 Å². The van der Waals surface area contributed by atoms with Crippen LogP contribution >= 0.6 is 0 Å². The third kappa shape index (κ3) is 4.53. The maximum atomic E-state index is 4.78. The standard InChI is InChI=1S/C23H30N6/c1-4-24-23(25-14-20-16-29-18(3)6-5-7-22(29)26-20)27-19-12-13-28(15-19)21-10-8-17(2)9-11-21/h5-11,16,19H,4,12-15H2,1-3H3,(H2,24,25,27). The molecule has 1 saturated heterocycles. The van der Waals surface area contributed by atoms with Crippen LogP contribution in [0.3, 0.4) is 0 Å². The van der Waals surface area contributed by atoms with Crippen molar-refractivity contribution < 1.29 is 0 Å². The third-order valence-corrected chi connectivity index (χ3v) is 5.42. The van der Waals surface area contributed by atoms with Crippen molar-refractivity contribution in [2.45, 2.75) is 39.8 Å². The number of pyridine rings is 1. The molecule has 1 unspecified atom stereocenters. The van der Waals surface area contributed by atoms with Crippen molar-refractivity contribution in [2.24, 2.45) is 4.99 Å². The van der Waals surface area contributed by atoms with Gasteiger partial charge >= 0.3 is 0 Å². The van der Waals surface area contributed by atoms with Gasteiger partial charge in [0.2, 0.25) is 0 Å². The number of guanidine groups is 1. The van der Waals surface area contributed by atoms with Gasteiger partial charge in [-0.05, 0) is 51.5 Å². The molecule has 6 nitrogen and oxygen atoms in total. The zero-order chi connectivity index (χ0) is 20.2. The summed E-state index contributed by atoms with van der Waals surface area (Å²) < 4.78 is 2.11. The van der Waals surface area contributed by atoms with Gasteiger partial charge in [0.15, 0.2) is 5.96 Å². The summed E-state index contributed by atoms with van der Waals surface area (Å²) in [5.41, 5.74) is 5.72. The van der Waals surface area contributed by atoms with Gasteiger partial charge in [0.25, 0.3) is 0 Å². The Hall–Kier alpha value is -3.02. The van der Waals surface area contributed by atoms with Gasteiger partial charge in [-0.3, -0.25) is 0 Å². The molecule has 29 heavy (non-hydrogen) atoms. The van der Waals surface area contributed by atoms with Crippen molar-refractivity contribution in [2.75, 3.05) is 24.5 Å². The van der Waals surface area contributed by atoms with E-state index in [0.29, 0.717) is 12.6 Å². The molecule has 0 amide bonds. The molecule has 0 bridgehead atoms. The van der Waals surface area contributed by atoms with Crippen LogP contribution in [-0.4, -0.2) is 41.0 Å². The molecule has 3 aromatic rings. The number of aromatic nitrogens is 2. The molecule has 0 saturated carbocycles. The second-order valence-electron chi connectivity index (χ2n) is 7.73. The summed E-state index contributed by atoms with van der Waals surface area (Å²) in [6.07, 6.45) is 3.18. The molecule has 0 radical (unpaired) electrons. The topological polar surface area (TPSA) is 57.0 Å². The van der Waals surface area contributed by atoms with Crippen molar-refractivity contribution in [1.29, 1.82) is 0 Å². The SMILES string of the molecule is CCNC(=NCc1cn2c(C)cccc2n1)NC1CCN(c2ccc(C)cc2)C1. The summed E-state index contributed by atoms with van der Waals surface area (Å²) in [4.78, 5) is 11.9. The van der Waals surface area contributed by atoms with Crippen molar-refractivity contribution in [3.8, 4) is 0 Å². The van der Waals surface area contributed by atoms with Crippen LogP contribution in [0, 0.1) is 13.8 Å². The minimum absolute atomic E-state index is 0.386. The molecular formula is C23H30N6. The largest absolute Gasteiger partial charge is 0.369 e. The zero-order valence-corrected chi connectivity index (χ0v) is 17.5. The minimum atomic E-state index is 0.386. The highest BCUT2D eigenvalue weighted by atomic mass is 15.2. The fourth-order valence-corrected chi connectivity index (χ4v) is 3.82. The smallest absolute Gasteiger partial charge is 0.191 e. The van der Waals surface area contributed by atoms with Gasteiger partial charge < -0.3 is 19.9 Å². The molecule has 0 spiro atoms. The van der Waals surface area contributed by atoms with E-state index in [1.54, 1.807) is 0 Å². The average Bonchev–Trinajstić information content (AvgIpc) is 3.34. The Bertz CT molecular complexity index is 988. The first-order valence-electron chi connectivity index (χ1n) is 10.4. The number of hydrogen-bond acceptors (Lipinski definition) is 3. The van der Waals surface area contributed by atoms with E-state index in [9.17, 15) is 0 Å². The van der Waals surface area contributed by atoms with Crippen LogP contribution in [0.15, 0.2) is 53.7 Å². The molecule has 1 atom stereocenters. The van der Waals surface area contributed by atoms with Crippen LogP contribution < -0.4 is 15.5 Å². The molecule has 2 aromatic heterocycles. The molecular weight excluding hydrogens is 360 g/mol. The maximum Gasteiger partial charge on any atom is 0.191 e. The van der Waals surface area contributed by atoms with Gasteiger partial charge in [-0.15, -0.1) is 0 Å². The van der Waals surface area contributed by atoms with E-state index in [1.807, 2.05) is 12.1 Å². The Morgan fingerprint density at radius 3 is 2.76 bits per heavy atom. The highest BCUT2D eigenvalue weighted by molar-refractivity contribution is 5.80. The van der Waals surface area contributed by atoms with Crippen LogP contribution in [0.2, 0.25) is 0 Å². The molecule has 1 aliphatic rings. The quantitative estimate of drug-likeness (QED) is 0.519. The second-order valence-corrected chi connectivity index (χ2v) is 7.73. The number of aliphatic imine (C=N–C) groups is 1. The lowest BCUT2D eigenvalue weighted by molar-refractivity contribution is 0.649. The summed E-state index contributed by atoms with van der Waals surface area (Å²) in [7, 11) is 0. The highest BCUT2D eigenvalue weighted by Crippen LogP contribution is 2.20. The molecule has 152 valence electrons. The van der Waals surface area contributed by atoms with E-state index in [0.717, 1.165) is 43.4 Å². The summed E-state index contributed by atoms with van der Waals surface area (Å²) in [5, 5.41) is 6.98. The third-order valence-electron chi connectivity index (χ3n) is 5.42. The van der Waals surface area contributed by atoms with E-state index in [1.165, 1.54) is 16.9 Å². The predicted molar refractivity (Wildman–Crippen MR) is 120 cm³/mol. The van der Waals surface area contributed by atoms with Gasteiger partial charge in [0.1, 0.15) is 5.65 Å². The first-order chi connectivity index (χ1) is 14.1. The molecule has 6 heteroatoms. The van der Waals surface area contributed by atoms with Gasteiger partial charge in [0.05, 0.1) is 12.2 Å². The summed E-state index contributed by atoms with van der Waals surface area (Å²) in [5.74, 6) is 0.858. The van der Waals surface area contributed by atoms with Gasteiger partial charge in [0, 0.05) is 43.3 Å². The predicted octanol–water partition coefficient (Wildman–Crippen LogP) is 3.29. The van der Waals surface area contributed by atoms with Crippen LogP contribution in [0.4, 0.5) is 5.69 Å². The maximum absolute atomic E-state index is 4.78. The van der Waals surface area contributed by atoms with Gasteiger partial charge in [-0.25, -0.2) is 9.98 Å². The molecule has 0 aliphatic carbocycles. The van der Waals surface area contributed by atoms with Gasteiger partial charge in [-0.1, -0.05) is 23.8 Å². The molecule has 2 N–H and O–H groups in total. The number of rotatable bonds is 5. The lowest BCUT2D eigenvalue weighted by Crippen LogP contribution is -2.44. The van der Waals surface area contributed by atoms with E-state index < -0.39 is 0 Å². The number of aryl methyl sites for hydroxylation is 2. The molecule has 1 aliphatic heterocycles. The lowest BCUT2D eigenvalue weighted by atomic mass is 10.2. The van der Waals surface area contributed by atoms with E-state index in [-0.39, 0.29) is 0 Å². The van der Waals surface area contributed by atoms with Gasteiger partial charge in [-0.2, -0.15) is 0 Å². The Labute approximate surface area is 172 Å². The average molecular weight is 391 g/mol. The number of hydrogen-bond donors (Lipinski definition) is 2. The first kappa shape index (κ1) is 19.3. The van der Waals surface area contributed by atoms with Crippen molar-refractivity contribution in [3.63, 3.8) is 0 Å². The van der Waals surface area contributed by atoms with Crippen LogP contribution in [0.5, 0.6) is 0 Å². The number of fused-ring (bicyclic) bond motifs is 1. The molecule has 1 aromatic carbocycles. The van der Waals surface area contributed by atoms with Crippen molar-refractivity contribution in [3.05, 3.63) is 65.6 Å². The number of anilines is 1. The number of nitrogens with zero attached hydrogens (tertiary/aromatic N) is 4. The Kier molecular flexibility index (Phi) is 5.69. The summed E-state index contributed by atoms with van der Waals surface area (Å²) in [6, 6.07) is 15.3. The first-order valence-corrected chi connectivity index (χ1v) is 10.4. The second kappa shape index (κ2) is 8.55. The number of imidazole rings is 1. The lowest BCUT2D eigenvalue weighted by Gasteiger charge is -2.20. The van der Waals surface area contributed by atoms with Crippen LogP contribution in [-0.2, 0) is 6.54 Å². The molecule has 4 rings (SSSR count). The minimum Gasteiger partial charge on any atom is -0.369 e. The number of nitrogens with one attached hydrogen (secondary N) is 2. The molecule has 1 fully saturated rings. The summed E-state index contributed by atoms with van der Waals surface area (Å²) in [6.45, 7) is 9.76. The number of benzene rings is 1. The van der Waals surface area contributed by atoms with E-state index in [4.69, 9.17) is 4.99 Å². The Morgan fingerprint density at radius 2 is 2.00 bits per heavy atom. The Morgan fingerprint density at radius 1 is 1.17 bits per heavy atom. The van der Waals surface area contributed by atoms with Crippen LogP contribution in [0.1, 0.15) is 30.3 Å². The highest BCUT2D eigenvalue weighted by Gasteiger charge is 2.23. The van der Waals surface area contributed by atoms with Crippen molar-refractivity contribution in [1.82, 2.24) is 20.0 Å². The monoisotopic (exact) mass is 390 g/mol.